The molecule has 2 N–H and O–H groups in total. The Balaban J connectivity index is 1.76. The topological polar surface area (TPSA) is 101 Å². The lowest BCUT2D eigenvalue weighted by Gasteiger charge is -2.14. The highest BCUT2D eigenvalue weighted by molar-refractivity contribution is 7.92. The maximum Gasteiger partial charge on any atom is 0.263 e. The van der Waals surface area contributed by atoms with E-state index in [1.165, 1.54) is 12.1 Å². The van der Waals surface area contributed by atoms with Gasteiger partial charge in [0.15, 0.2) is 11.6 Å². The van der Waals surface area contributed by atoms with Crippen molar-refractivity contribution >= 4 is 44.7 Å². The van der Waals surface area contributed by atoms with E-state index in [4.69, 9.17) is 0 Å². The molecule has 0 saturated heterocycles. The van der Waals surface area contributed by atoms with E-state index in [2.05, 4.69) is 20.0 Å². The van der Waals surface area contributed by atoms with Crippen molar-refractivity contribution in [2.45, 2.75) is 4.90 Å². The summed E-state index contributed by atoms with van der Waals surface area (Å²) in [6.45, 7) is 0. The van der Waals surface area contributed by atoms with Gasteiger partial charge in [0.25, 0.3) is 10.0 Å². The maximum absolute atomic E-state index is 12.8. The molecule has 0 radical (unpaired) electrons. The Morgan fingerprint density at radius 3 is 1.93 bits per heavy atom. The molecular weight excluding hydrogens is 388 g/mol. The first kappa shape index (κ1) is 18.6. The minimum Gasteiger partial charge on any atom is -0.337 e. The highest BCUT2D eigenvalue weighted by Crippen LogP contribution is 2.27. The predicted octanol–water partition coefficient (Wildman–Crippen LogP) is 3.99. The maximum atomic E-state index is 12.8. The van der Waals surface area contributed by atoms with Gasteiger partial charge in [-0.1, -0.05) is 30.3 Å². The number of aromatic nitrogens is 2. The molecule has 0 aliphatic heterocycles. The van der Waals surface area contributed by atoms with E-state index in [9.17, 15) is 13.2 Å². The number of para-hydroxylation sites is 2. The Labute approximate surface area is 167 Å². The van der Waals surface area contributed by atoms with Gasteiger partial charge in [-0.2, -0.15) is 0 Å². The molecule has 1 heterocycles. The summed E-state index contributed by atoms with van der Waals surface area (Å²) in [6.07, 6.45) is 0.749. The third-order valence-corrected chi connectivity index (χ3v) is 5.52. The van der Waals surface area contributed by atoms with Crippen molar-refractivity contribution in [3.63, 3.8) is 0 Å². The molecule has 144 valence electrons. The number of anilines is 3. The van der Waals surface area contributed by atoms with Crippen LogP contribution in [0.3, 0.4) is 0 Å². The molecule has 29 heavy (non-hydrogen) atoms. The first-order valence-electron chi connectivity index (χ1n) is 8.72. The van der Waals surface area contributed by atoms with Gasteiger partial charge in [0.2, 0.25) is 0 Å². The normalized spacial score (nSPS) is 11.2. The fraction of sp³-hybridized carbons (Fsp3) is 0. The van der Waals surface area contributed by atoms with Crippen molar-refractivity contribution in [3.8, 4) is 0 Å². The summed E-state index contributed by atoms with van der Waals surface area (Å²) in [5.41, 5.74) is 2.34. The summed E-state index contributed by atoms with van der Waals surface area (Å²) in [5, 5.41) is 3.07. The average Bonchev–Trinajstić information content (AvgIpc) is 2.75. The molecule has 1 aromatic heterocycles. The van der Waals surface area contributed by atoms with Gasteiger partial charge < -0.3 is 5.32 Å². The lowest BCUT2D eigenvalue weighted by molar-refractivity contribution is 0.112. The van der Waals surface area contributed by atoms with E-state index in [-0.39, 0.29) is 16.5 Å². The smallest absolute Gasteiger partial charge is 0.263 e. The van der Waals surface area contributed by atoms with Crippen LogP contribution in [0.25, 0.3) is 11.0 Å². The standard InChI is InChI=1S/C21H16N4O3S/c26-14-15-10-12-16(13-11-15)22-20-21(24-19-9-5-4-8-18(19)23-20)25-29(27,28)17-6-2-1-3-7-17/h1-14H,(H,22,23)(H,24,25). The molecule has 0 bridgehead atoms. The number of carbonyl (C=O) groups excluding carboxylic acids is 1. The van der Waals surface area contributed by atoms with E-state index in [0.29, 0.717) is 22.3 Å². The zero-order valence-electron chi connectivity index (χ0n) is 15.1. The number of benzene rings is 3. The van der Waals surface area contributed by atoms with Crippen molar-refractivity contribution in [2.75, 3.05) is 10.0 Å². The Morgan fingerprint density at radius 2 is 1.31 bits per heavy atom. The van der Waals surface area contributed by atoms with Gasteiger partial charge in [-0.05, 0) is 48.5 Å². The second-order valence-corrected chi connectivity index (χ2v) is 7.88. The summed E-state index contributed by atoms with van der Waals surface area (Å²) in [7, 11) is -3.85. The van der Waals surface area contributed by atoms with E-state index >= 15 is 0 Å². The van der Waals surface area contributed by atoms with Crippen molar-refractivity contribution < 1.29 is 13.2 Å². The highest BCUT2D eigenvalue weighted by atomic mass is 32.2. The third-order valence-electron chi connectivity index (χ3n) is 4.16. The molecule has 4 rings (SSSR count). The van der Waals surface area contributed by atoms with Crippen LogP contribution in [0, 0.1) is 0 Å². The van der Waals surface area contributed by atoms with Crippen LogP contribution in [0.15, 0.2) is 83.8 Å². The summed E-state index contributed by atoms with van der Waals surface area (Å²) in [6, 6.07) is 21.9. The van der Waals surface area contributed by atoms with Gasteiger partial charge in [0.1, 0.15) is 6.29 Å². The number of fused-ring (bicyclic) bond motifs is 1. The van der Waals surface area contributed by atoms with Gasteiger partial charge >= 0.3 is 0 Å². The van der Waals surface area contributed by atoms with Crippen LogP contribution in [0.4, 0.5) is 17.3 Å². The number of carbonyl (C=O) groups is 1. The Kier molecular flexibility index (Phi) is 4.92. The lowest BCUT2D eigenvalue weighted by Crippen LogP contribution is -2.16. The quantitative estimate of drug-likeness (QED) is 0.471. The number of hydrogen-bond donors (Lipinski definition) is 2. The van der Waals surface area contributed by atoms with Gasteiger partial charge in [-0.15, -0.1) is 0 Å². The molecule has 8 heteroatoms. The van der Waals surface area contributed by atoms with E-state index in [1.807, 2.05) is 6.07 Å². The van der Waals surface area contributed by atoms with Crippen LogP contribution in [-0.4, -0.2) is 24.7 Å². The highest BCUT2D eigenvalue weighted by Gasteiger charge is 2.18. The molecule has 0 fully saturated rings. The number of nitrogens with zero attached hydrogens (tertiary/aromatic N) is 2. The molecule has 0 atom stereocenters. The van der Waals surface area contributed by atoms with Crippen LogP contribution in [0.2, 0.25) is 0 Å². The molecular formula is C21H16N4O3S. The number of rotatable bonds is 6. The second-order valence-electron chi connectivity index (χ2n) is 6.19. The van der Waals surface area contributed by atoms with Crippen LogP contribution in [0.1, 0.15) is 10.4 Å². The van der Waals surface area contributed by atoms with Gasteiger partial charge in [-0.25, -0.2) is 18.4 Å². The summed E-state index contributed by atoms with van der Waals surface area (Å²) in [5.74, 6) is 0.328. The Bertz CT molecular complexity index is 1270. The Hall–Kier alpha value is -3.78. The van der Waals surface area contributed by atoms with E-state index in [1.54, 1.807) is 60.7 Å². The Morgan fingerprint density at radius 1 is 0.724 bits per heavy atom. The molecule has 0 unspecified atom stereocenters. The van der Waals surface area contributed by atoms with Gasteiger partial charge in [0.05, 0.1) is 15.9 Å². The zero-order chi connectivity index (χ0) is 20.3. The summed E-state index contributed by atoms with van der Waals surface area (Å²) >= 11 is 0. The fourth-order valence-electron chi connectivity index (χ4n) is 2.73. The molecule has 0 aliphatic rings. The summed E-state index contributed by atoms with van der Waals surface area (Å²) in [4.78, 5) is 19.9. The SMILES string of the molecule is O=Cc1ccc(Nc2nc3ccccc3nc2NS(=O)(=O)c2ccccc2)cc1. The number of aldehydes is 1. The molecule has 3 aromatic carbocycles. The summed E-state index contributed by atoms with van der Waals surface area (Å²) < 4.78 is 28.1. The fourth-order valence-corrected chi connectivity index (χ4v) is 3.76. The molecule has 7 nitrogen and oxygen atoms in total. The molecule has 0 saturated carbocycles. The zero-order valence-corrected chi connectivity index (χ0v) is 15.9. The van der Waals surface area contributed by atoms with Gasteiger partial charge in [0, 0.05) is 11.3 Å². The van der Waals surface area contributed by atoms with Crippen molar-refractivity contribution in [3.05, 3.63) is 84.4 Å². The van der Waals surface area contributed by atoms with Crippen LogP contribution >= 0.6 is 0 Å². The minimum atomic E-state index is -3.85. The molecule has 0 aliphatic carbocycles. The van der Waals surface area contributed by atoms with Crippen molar-refractivity contribution in [1.82, 2.24) is 9.97 Å². The first-order valence-corrected chi connectivity index (χ1v) is 10.2. The van der Waals surface area contributed by atoms with E-state index in [0.717, 1.165) is 6.29 Å². The molecule has 0 amide bonds. The first-order chi connectivity index (χ1) is 14.0. The van der Waals surface area contributed by atoms with Crippen molar-refractivity contribution in [2.24, 2.45) is 0 Å². The largest absolute Gasteiger partial charge is 0.337 e. The molecule has 4 aromatic rings. The van der Waals surface area contributed by atoms with E-state index < -0.39 is 10.0 Å². The average molecular weight is 404 g/mol. The third kappa shape index (κ3) is 4.07. The number of hydrogen-bond acceptors (Lipinski definition) is 6. The van der Waals surface area contributed by atoms with Crippen molar-refractivity contribution in [1.29, 1.82) is 0 Å². The minimum absolute atomic E-state index is 0.0759. The van der Waals surface area contributed by atoms with Crippen LogP contribution in [0.5, 0.6) is 0 Å². The molecule has 0 spiro atoms. The lowest BCUT2D eigenvalue weighted by atomic mass is 10.2. The van der Waals surface area contributed by atoms with Crippen LogP contribution in [-0.2, 0) is 10.0 Å². The number of nitrogens with one attached hydrogen (secondary N) is 2. The monoisotopic (exact) mass is 404 g/mol. The van der Waals surface area contributed by atoms with Gasteiger partial charge in [-0.3, -0.25) is 9.52 Å². The second kappa shape index (κ2) is 7.69. The number of sulfonamides is 1. The predicted molar refractivity (Wildman–Crippen MR) is 112 cm³/mol. The van der Waals surface area contributed by atoms with Crippen LogP contribution < -0.4 is 10.0 Å².